The molecule has 0 saturated heterocycles. The second-order valence-electron chi connectivity index (χ2n) is 5.07. The largest absolute Gasteiger partial charge is 0.496 e. The fourth-order valence-electron chi connectivity index (χ4n) is 2.53. The Morgan fingerprint density at radius 2 is 1.86 bits per heavy atom. The standard InChI is InChI=1S/C16H16FN3O/c1-9-4-11(5-10(2)19-9)16-18-8-13-14(20-16)6-12(17)7-15(13)21-3/h4-8,16,18H,1-3H3. The Kier molecular flexibility index (Phi) is 3.33. The summed E-state index contributed by atoms with van der Waals surface area (Å²) in [5.74, 6) is 0.118. The van der Waals surface area contributed by atoms with Gasteiger partial charge in [0.1, 0.15) is 17.7 Å². The third-order valence-electron chi connectivity index (χ3n) is 3.38. The lowest BCUT2D eigenvalue weighted by atomic mass is 10.1. The predicted octanol–water partition coefficient (Wildman–Crippen LogP) is 1.51. The molecule has 2 heterocycles. The predicted molar refractivity (Wildman–Crippen MR) is 77.8 cm³/mol. The average Bonchev–Trinajstić information content (AvgIpc) is 2.44. The van der Waals surface area contributed by atoms with Crippen molar-refractivity contribution in [3.05, 3.63) is 57.6 Å². The third kappa shape index (κ3) is 2.59. The highest BCUT2D eigenvalue weighted by atomic mass is 19.1. The molecule has 0 spiro atoms. The minimum Gasteiger partial charge on any atom is -0.496 e. The molecule has 1 aromatic heterocycles. The maximum atomic E-state index is 13.6. The molecular formula is C16H16FN3O. The summed E-state index contributed by atoms with van der Waals surface area (Å²) in [7, 11) is 1.52. The van der Waals surface area contributed by atoms with Gasteiger partial charge >= 0.3 is 0 Å². The summed E-state index contributed by atoms with van der Waals surface area (Å²) in [6.07, 6.45) is 1.57. The van der Waals surface area contributed by atoms with Crippen molar-refractivity contribution in [2.45, 2.75) is 20.0 Å². The summed E-state index contributed by atoms with van der Waals surface area (Å²) in [6.45, 7) is 3.89. The van der Waals surface area contributed by atoms with Gasteiger partial charge in [0.15, 0.2) is 0 Å². The Morgan fingerprint density at radius 3 is 2.52 bits per heavy atom. The molecule has 3 rings (SSSR count). The van der Waals surface area contributed by atoms with Crippen LogP contribution in [0.5, 0.6) is 5.75 Å². The molecule has 1 aliphatic heterocycles. The van der Waals surface area contributed by atoms with Crippen molar-refractivity contribution in [3.8, 4) is 5.75 Å². The van der Waals surface area contributed by atoms with E-state index in [-0.39, 0.29) is 12.0 Å². The van der Waals surface area contributed by atoms with E-state index in [1.165, 1.54) is 19.2 Å². The van der Waals surface area contributed by atoms with Crippen LogP contribution in [0.25, 0.3) is 6.20 Å². The number of fused-ring (bicyclic) bond motifs is 1. The first-order chi connectivity index (χ1) is 10.1. The molecule has 2 aromatic rings. The number of nitrogens with one attached hydrogen (secondary N) is 1. The van der Waals surface area contributed by atoms with Crippen molar-refractivity contribution in [1.29, 1.82) is 0 Å². The molecule has 0 radical (unpaired) electrons. The fourth-order valence-corrected chi connectivity index (χ4v) is 2.53. The van der Waals surface area contributed by atoms with Crippen LogP contribution in [0.3, 0.4) is 0 Å². The Morgan fingerprint density at radius 1 is 1.14 bits per heavy atom. The SMILES string of the molecule is COc1cc(F)cc2c1=CNC(c1cc(C)nc(C)c1)N=2. The number of rotatable bonds is 2. The molecule has 0 amide bonds. The number of benzene rings is 1. The number of hydrogen-bond acceptors (Lipinski definition) is 4. The Labute approximate surface area is 122 Å². The van der Waals surface area contributed by atoms with Crippen LogP contribution < -0.4 is 20.6 Å². The summed E-state index contributed by atoms with van der Waals surface area (Å²) in [5, 5.41) is 4.57. The maximum Gasteiger partial charge on any atom is 0.145 e. The molecule has 1 atom stereocenters. The molecule has 0 saturated carbocycles. The van der Waals surface area contributed by atoms with Crippen LogP contribution in [0, 0.1) is 19.7 Å². The van der Waals surface area contributed by atoms with Gasteiger partial charge in [0.25, 0.3) is 0 Å². The second kappa shape index (κ2) is 5.16. The van der Waals surface area contributed by atoms with Gasteiger partial charge < -0.3 is 10.1 Å². The van der Waals surface area contributed by atoms with Gasteiger partial charge in [-0.15, -0.1) is 0 Å². The Bertz CT molecular complexity index is 797. The molecule has 0 fully saturated rings. The monoisotopic (exact) mass is 285 g/mol. The number of nitrogens with zero attached hydrogens (tertiary/aromatic N) is 2. The fraction of sp³-hybridized carbons (Fsp3) is 0.250. The summed E-state index contributed by atoms with van der Waals surface area (Å²) in [4.78, 5) is 8.93. The van der Waals surface area contributed by atoms with Crippen molar-refractivity contribution in [3.63, 3.8) is 0 Å². The van der Waals surface area contributed by atoms with Gasteiger partial charge in [-0.2, -0.15) is 0 Å². The van der Waals surface area contributed by atoms with Crippen LogP contribution in [0.1, 0.15) is 23.1 Å². The highest BCUT2D eigenvalue weighted by Gasteiger charge is 2.14. The summed E-state index contributed by atoms with van der Waals surface area (Å²) in [6, 6.07) is 6.73. The lowest BCUT2D eigenvalue weighted by Crippen LogP contribution is -2.36. The van der Waals surface area contributed by atoms with Gasteiger partial charge in [-0.25, -0.2) is 4.39 Å². The average molecular weight is 285 g/mol. The van der Waals surface area contributed by atoms with E-state index in [9.17, 15) is 4.39 Å². The first-order valence-corrected chi connectivity index (χ1v) is 6.69. The van der Waals surface area contributed by atoms with Crippen LogP contribution in [-0.2, 0) is 0 Å². The van der Waals surface area contributed by atoms with Gasteiger partial charge in [0.05, 0.1) is 17.7 Å². The Hall–Kier alpha value is -2.43. The van der Waals surface area contributed by atoms with E-state index in [1.54, 1.807) is 0 Å². The van der Waals surface area contributed by atoms with Gasteiger partial charge in [-0.3, -0.25) is 9.98 Å². The van der Waals surface area contributed by atoms with E-state index >= 15 is 0 Å². The molecule has 0 bridgehead atoms. The van der Waals surface area contributed by atoms with Crippen molar-refractivity contribution in [2.24, 2.45) is 4.99 Å². The van der Waals surface area contributed by atoms with Crippen molar-refractivity contribution >= 4 is 6.20 Å². The highest BCUT2D eigenvalue weighted by molar-refractivity contribution is 5.37. The van der Waals surface area contributed by atoms with Crippen LogP contribution in [0.2, 0.25) is 0 Å². The molecule has 21 heavy (non-hydrogen) atoms. The Balaban J connectivity index is 2.12. The molecule has 0 aliphatic carbocycles. The maximum absolute atomic E-state index is 13.6. The topological polar surface area (TPSA) is 46.5 Å². The van der Waals surface area contributed by atoms with E-state index in [0.717, 1.165) is 22.2 Å². The van der Waals surface area contributed by atoms with E-state index in [0.29, 0.717) is 11.1 Å². The smallest absolute Gasteiger partial charge is 0.145 e. The number of aryl methyl sites for hydroxylation is 2. The quantitative estimate of drug-likeness (QED) is 0.909. The zero-order valence-corrected chi connectivity index (χ0v) is 12.1. The van der Waals surface area contributed by atoms with Gasteiger partial charge in [-0.1, -0.05) is 0 Å². The van der Waals surface area contributed by atoms with Gasteiger partial charge in [-0.05, 0) is 31.5 Å². The third-order valence-corrected chi connectivity index (χ3v) is 3.38. The molecule has 1 aromatic carbocycles. The van der Waals surface area contributed by atoms with E-state index in [2.05, 4.69) is 15.3 Å². The number of aromatic nitrogens is 1. The summed E-state index contributed by atoms with van der Waals surface area (Å²) < 4.78 is 18.8. The number of hydrogen-bond donors (Lipinski definition) is 1. The molecular weight excluding hydrogens is 269 g/mol. The molecule has 4 nitrogen and oxygen atoms in total. The van der Waals surface area contributed by atoms with Crippen LogP contribution in [0.15, 0.2) is 29.3 Å². The normalized spacial score (nSPS) is 16.3. The molecule has 108 valence electrons. The second-order valence-corrected chi connectivity index (χ2v) is 5.07. The minimum atomic E-state index is -0.356. The zero-order valence-electron chi connectivity index (χ0n) is 12.1. The number of pyridine rings is 1. The van der Waals surface area contributed by atoms with Crippen molar-refractivity contribution in [2.75, 3.05) is 7.11 Å². The van der Waals surface area contributed by atoms with Crippen LogP contribution >= 0.6 is 0 Å². The highest BCUT2D eigenvalue weighted by Crippen LogP contribution is 2.17. The molecule has 5 heteroatoms. The first-order valence-electron chi connectivity index (χ1n) is 6.69. The lowest BCUT2D eigenvalue weighted by Gasteiger charge is -2.18. The number of methoxy groups -OCH3 is 1. The van der Waals surface area contributed by atoms with Crippen LogP contribution in [0.4, 0.5) is 4.39 Å². The lowest BCUT2D eigenvalue weighted by molar-refractivity contribution is 0.405. The van der Waals surface area contributed by atoms with E-state index < -0.39 is 0 Å². The first kappa shape index (κ1) is 13.5. The van der Waals surface area contributed by atoms with Crippen molar-refractivity contribution < 1.29 is 9.13 Å². The van der Waals surface area contributed by atoms with Gasteiger partial charge in [0, 0.05) is 29.7 Å². The molecule has 1 N–H and O–H groups in total. The summed E-state index contributed by atoms with van der Waals surface area (Å²) >= 11 is 0. The number of ether oxygens (including phenoxy) is 1. The summed E-state index contributed by atoms with van der Waals surface area (Å²) in [5.41, 5.74) is 2.87. The number of halogens is 1. The van der Waals surface area contributed by atoms with Crippen molar-refractivity contribution in [1.82, 2.24) is 10.3 Å². The zero-order chi connectivity index (χ0) is 15.0. The van der Waals surface area contributed by atoms with E-state index in [1.807, 2.05) is 32.2 Å². The molecule has 1 aliphatic rings. The molecule has 1 unspecified atom stereocenters. The van der Waals surface area contributed by atoms with Crippen LogP contribution in [-0.4, -0.2) is 12.1 Å². The van der Waals surface area contributed by atoms with Gasteiger partial charge in [0.2, 0.25) is 0 Å². The minimum absolute atomic E-state index is 0.246. The van der Waals surface area contributed by atoms with E-state index in [4.69, 9.17) is 4.74 Å².